The quantitative estimate of drug-likeness (QED) is 0.492. The van der Waals surface area contributed by atoms with Crippen LogP contribution in [0.4, 0.5) is 11.4 Å². The number of nitrogens with two attached hydrogens (primary N) is 1. The Morgan fingerprint density at radius 1 is 1.22 bits per heavy atom. The molecule has 0 atom stereocenters. The van der Waals surface area contributed by atoms with Gasteiger partial charge in [-0.1, -0.05) is 19.1 Å². The molecule has 18 heavy (non-hydrogen) atoms. The summed E-state index contributed by atoms with van der Waals surface area (Å²) in [6, 6.07) is 6.88. The average Bonchev–Trinajstić information content (AvgIpc) is 2.46. The van der Waals surface area contributed by atoms with Gasteiger partial charge in [0.15, 0.2) is 0 Å². The molecule has 6 heteroatoms. The van der Waals surface area contributed by atoms with Crippen molar-refractivity contribution in [2.75, 3.05) is 16.7 Å². The number of hydrogen-bond acceptors (Lipinski definition) is 4. The molecule has 0 saturated heterocycles. The minimum absolute atomic E-state index is 0.297. The molecule has 2 amide bonds. The molecule has 1 aliphatic heterocycles. The number of carbonyl (C=O) groups is 2. The second-order valence-corrected chi connectivity index (χ2v) is 3.95. The van der Waals surface area contributed by atoms with Crippen LogP contribution in [0.2, 0.25) is 0 Å². The maximum Gasteiger partial charge on any atom is 0.260 e. The summed E-state index contributed by atoms with van der Waals surface area (Å²) in [5.41, 5.74) is 0.953. The van der Waals surface area contributed by atoms with Crippen molar-refractivity contribution in [1.29, 1.82) is 0 Å². The van der Waals surface area contributed by atoms with Crippen molar-refractivity contribution >= 4 is 23.2 Å². The van der Waals surface area contributed by atoms with Gasteiger partial charge in [0.1, 0.15) is 6.42 Å². The molecule has 0 aliphatic carbocycles. The van der Waals surface area contributed by atoms with Gasteiger partial charge in [-0.05, 0) is 18.6 Å². The van der Waals surface area contributed by atoms with E-state index in [0.29, 0.717) is 18.0 Å². The average molecular weight is 249 g/mol. The molecular weight excluding hydrogens is 234 g/mol. The first-order valence-electron chi connectivity index (χ1n) is 5.77. The van der Waals surface area contributed by atoms with Gasteiger partial charge < -0.3 is 0 Å². The lowest BCUT2D eigenvalue weighted by atomic mass is 10.2. The maximum atomic E-state index is 11.9. The van der Waals surface area contributed by atoms with Crippen LogP contribution in [0, 0.1) is 0 Å². The van der Waals surface area contributed by atoms with Crippen LogP contribution in [0.25, 0.3) is 0 Å². The Morgan fingerprint density at radius 2 is 1.89 bits per heavy atom. The van der Waals surface area contributed by atoms with E-state index in [9.17, 15) is 9.59 Å². The predicted molar refractivity (Wildman–Crippen MR) is 66.5 cm³/mol. The van der Waals surface area contributed by atoms with Gasteiger partial charge in [0.25, 0.3) is 11.8 Å². The van der Waals surface area contributed by atoms with E-state index in [1.165, 1.54) is 0 Å². The summed E-state index contributed by atoms with van der Waals surface area (Å²) in [4.78, 5) is 29.0. The summed E-state index contributed by atoms with van der Waals surface area (Å²) in [6.07, 6.45) is 0.473. The Morgan fingerprint density at radius 3 is 2.56 bits per heavy atom. The number of anilines is 2. The standard InChI is InChI=1S/C12H15N3O3/c1-2-7-18-15-10-6-4-3-5-9(10)14(13)11(16)8-12(15)17/h3-6H,2,7-8,13H2,1H3. The normalized spacial score (nSPS) is 15.7. The molecule has 1 heterocycles. The van der Waals surface area contributed by atoms with Gasteiger partial charge in [0.2, 0.25) is 0 Å². The number of carbonyl (C=O) groups excluding carboxylic acids is 2. The van der Waals surface area contributed by atoms with Crippen molar-refractivity contribution in [3.63, 3.8) is 0 Å². The minimum Gasteiger partial charge on any atom is -0.272 e. The first-order valence-corrected chi connectivity index (χ1v) is 5.77. The molecule has 1 aromatic carbocycles. The SMILES string of the molecule is CCCON1C(=O)CC(=O)N(N)c2ccccc21. The third-order valence-electron chi connectivity index (χ3n) is 2.58. The van der Waals surface area contributed by atoms with Gasteiger partial charge in [-0.15, -0.1) is 0 Å². The number of rotatable bonds is 3. The number of hydrazine groups is 1. The predicted octanol–water partition coefficient (Wildman–Crippen LogP) is 0.972. The van der Waals surface area contributed by atoms with E-state index in [4.69, 9.17) is 10.7 Å². The molecule has 0 spiro atoms. The van der Waals surface area contributed by atoms with E-state index in [0.717, 1.165) is 16.5 Å². The van der Waals surface area contributed by atoms with Crippen molar-refractivity contribution in [2.24, 2.45) is 5.84 Å². The Balaban J connectivity index is 2.43. The summed E-state index contributed by atoms with van der Waals surface area (Å²) in [7, 11) is 0. The van der Waals surface area contributed by atoms with E-state index in [-0.39, 0.29) is 6.42 Å². The Bertz CT molecular complexity index is 475. The van der Waals surface area contributed by atoms with E-state index in [2.05, 4.69) is 0 Å². The smallest absolute Gasteiger partial charge is 0.260 e. The lowest BCUT2D eigenvalue weighted by Gasteiger charge is -2.22. The fourth-order valence-electron chi connectivity index (χ4n) is 1.72. The second kappa shape index (κ2) is 5.16. The monoisotopic (exact) mass is 249 g/mol. The molecule has 1 aliphatic rings. The van der Waals surface area contributed by atoms with Crippen LogP contribution in [-0.2, 0) is 14.4 Å². The highest BCUT2D eigenvalue weighted by Crippen LogP contribution is 2.31. The second-order valence-electron chi connectivity index (χ2n) is 3.95. The molecule has 1 aromatic rings. The first-order chi connectivity index (χ1) is 8.65. The van der Waals surface area contributed by atoms with Crippen LogP contribution in [0.5, 0.6) is 0 Å². The first kappa shape index (κ1) is 12.5. The summed E-state index contributed by atoms with van der Waals surface area (Å²) < 4.78 is 0. The zero-order valence-corrected chi connectivity index (χ0v) is 10.1. The highest BCUT2D eigenvalue weighted by molar-refractivity contribution is 6.13. The highest BCUT2D eigenvalue weighted by atomic mass is 16.7. The van der Waals surface area contributed by atoms with Gasteiger partial charge in [-0.3, -0.25) is 14.4 Å². The number of fused-ring (bicyclic) bond motifs is 1. The number of amides is 2. The maximum absolute atomic E-state index is 11.9. The third kappa shape index (κ3) is 2.20. The number of para-hydroxylation sites is 2. The fraction of sp³-hybridized carbons (Fsp3) is 0.333. The summed E-state index contributed by atoms with van der Waals surface area (Å²) in [5, 5.41) is 2.14. The number of hydroxylamine groups is 1. The molecule has 0 aromatic heterocycles. The van der Waals surface area contributed by atoms with Crippen molar-refractivity contribution in [2.45, 2.75) is 19.8 Å². The van der Waals surface area contributed by atoms with E-state index >= 15 is 0 Å². The van der Waals surface area contributed by atoms with Gasteiger partial charge in [-0.25, -0.2) is 10.9 Å². The van der Waals surface area contributed by atoms with Crippen molar-refractivity contribution in [3.05, 3.63) is 24.3 Å². The third-order valence-corrected chi connectivity index (χ3v) is 2.58. The van der Waals surface area contributed by atoms with Crippen molar-refractivity contribution in [3.8, 4) is 0 Å². The van der Waals surface area contributed by atoms with Crippen LogP contribution in [0.3, 0.4) is 0 Å². The summed E-state index contributed by atoms with van der Waals surface area (Å²) >= 11 is 0. The van der Waals surface area contributed by atoms with E-state index in [1.807, 2.05) is 6.92 Å². The lowest BCUT2D eigenvalue weighted by Crippen LogP contribution is -2.37. The molecule has 96 valence electrons. The molecule has 0 bridgehead atoms. The summed E-state index contributed by atoms with van der Waals surface area (Å²) in [6.45, 7) is 2.34. The molecule has 6 nitrogen and oxygen atoms in total. The summed E-state index contributed by atoms with van der Waals surface area (Å²) in [5.74, 6) is 4.83. The van der Waals surface area contributed by atoms with Crippen LogP contribution < -0.4 is 15.9 Å². The fourth-order valence-corrected chi connectivity index (χ4v) is 1.72. The number of hydrogen-bond donors (Lipinski definition) is 1. The highest BCUT2D eigenvalue weighted by Gasteiger charge is 2.30. The Kier molecular flexibility index (Phi) is 3.59. The minimum atomic E-state index is -0.449. The van der Waals surface area contributed by atoms with Gasteiger partial charge in [0, 0.05) is 0 Å². The van der Waals surface area contributed by atoms with Crippen LogP contribution in [0.1, 0.15) is 19.8 Å². The Hall–Kier alpha value is -1.92. The van der Waals surface area contributed by atoms with E-state index in [1.54, 1.807) is 24.3 Å². The van der Waals surface area contributed by atoms with Gasteiger partial charge >= 0.3 is 0 Å². The molecule has 2 rings (SSSR count). The number of benzene rings is 1. The molecular formula is C12H15N3O3. The molecule has 0 saturated carbocycles. The zero-order chi connectivity index (χ0) is 13.1. The zero-order valence-electron chi connectivity index (χ0n) is 10.1. The van der Waals surface area contributed by atoms with Crippen molar-refractivity contribution in [1.82, 2.24) is 0 Å². The van der Waals surface area contributed by atoms with E-state index < -0.39 is 11.8 Å². The molecule has 0 unspecified atom stereocenters. The molecule has 0 fully saturated rings. The number of nitrogens with zero attached hydrogens (tertiary/aromatic N) is 2. The topological polar surface area (TPSA) is 75.9 Å². The van der Waals surface area contributed by atoms with Crippen LogP contribution in [-0.4, -0.2) is 18.4 Å². The molecule has 0 radical (unpaired) electrons. The molecule has 2 N–H and O–H groups in total. The lowest BCUT2D eigenvalue weighted by molar-refractivity contribution is -0.130. The Labute approximate surface area is 105 Å². The van der Waals surface area contributed by atoms with Crippen LogP contribution >= 0.6 is 0 Å². The van der Waals surface area contributed by atoms with Crippen molar-refractivity contribution < 1.29 is 14.4 Å². The van der Waals surface area contributed by atoms with Crippen LogP contribution in [0.15, 0.2) is 24.3 Å². The van der Waals surface area contributed by atoms with Gasteiger partial charge in [-0.2, -0.15) is 5.06 Å². The largest absolute Gasteiger partial charge is 0.272 e. The van der Waals surface area contributed by atoms with Gasteiger partial charge in [0.05, 0.1) is 18.0 Å².